The summed E-state index contributed by atoms with van der Waals surface area (Å²) in [6.07, 6.45) is 3.04. The summed E-state index contributed by atoms with van der Waals surface area (Å²) in [5, 5.41) is 7.14. The quantitative estimate of drug-likeness (QED) is 0.419. The van der Waals surface area contributed by atoms with E-state index in [2.05, 4.69) is 22.4 Å². The standard InChI is InChI=1S/C16H12Cl3N3S/c1-8-11-5-10(17)3-4-14(11)23-16(8)9(2)21-22-15-12(18)6-20-7-13(15)19/h3-7H,1-2H3,(H,20,22)/b21-9-. The fourth-order valence-electron chi connectivity index (χ4n) is 2.25. The molecule has 0 aliphatic heterocycles. The molecule has 0 saturated heterocycles. The number of halogens is 3. The number of fused-ring (bicyclic) bond motifs is 1. The molecule has 3 aromatic rings. The minimum absolute atomic E-state index is 0.425. The lowest BCUT2D eigenvalue weighted by Crippen LogP contribution is -2.00. The molecular formula is C16H12Cl3N3S. The Labute approximate surface area is 152 Å². The van der Waals surface area contributed by atoms with Gasteiger partial charge in [0, 0.05) is 22.1 Å². The van der Waals surface area contributed by atoms with Gasteiger partial charge in [-0.05, 0) is 43.0 Å². The van der Waals surface area contributed by atoms with E-state index in [0.717, 1.165) is 26.6 Å². The van der Waals surface area contributed by atoms with E-state index in [-0.39, 0.29) is 0 Å². The van der Waals surface area contributed by atoms with Crippen molar-refractivity contribution in [3.8, 4) is 0 Å². The number of aryl methyl sites for hydroxylation is 1. The molecule has 1 aromatic carbocycles. The third-order valence-electron chi connectivity index (χ3n) is 3.42. The normalized spacial score (nSPS) is 12.0. The Balaban J connectivity index is 1.97. The number of hydrogen-bond donors (Lipinski definition) is 1. The van der Waals surface area contributed by atoms with E-state index in [1.54, 1.807) is 11.3 Å². The molecule has 0 bridgehead atoms. The van der Waals surface area contributed by atoms with Gasteiger partial charge in [-0.2, -0.15) is 5.10 Å². The molecule has 0 amide bonds. The number of hydrogen-bond acceptors (Lipinski definition) is 4. The van der Waals surface area contributed by atoms with Crippen molar-refractivity contribution in [2.45, 2.75) is 13.8 Å². The Morgan fingerprint density at radius 2 is 1.87 bits per heavy atom. The minimum Gasteiger partial charge on any atom is -0.275 e. The van der Waals surface area contributed by atoms with E-state index in [1.165, 1.54) is 17.1 Å². The van der Waals surface area contributed by atoms with Crippen LogP contribution in [0, 0.1) is 6.92 Å². The first kappa shape index (κ1) is 16.5. The van der Waals surface area contributed by atoms with Crippen molar-refractivity contribution < 1.29 is 0 Å². The van der Waals surface area contributed by atoms with Crippen molar-refractivity contribution in [3.05, 3.63) is 56.1 Å². The third kappa shape index (κ3) is 3.31. The number of hydrazone groups is 1. The van der Waals surface area contributed by atoms with Crippen LogP contribution in [0.2, 0.25) is 15.1 Å². The summed E-state index contributed by atoms with van der Waals surface area (Å²) in [4.78, 5) is 5.01. The van der Waals surface area contributed by atoms with E-state index in [9.17, 15) is 0 Å². The first-order chi connectivity index (χ1) is 11.0. The van der Waals surface area contributed by atoms with Gasteiger partial charge in [-0.1, -0.05) is 34.8 Å². The molecule has 3 rings (SSSR count). The van der Waals surface area contributed by atoms with Crippen molar-refractivity contribution in [2.24, 2.45) is 5.10 Å². The van der Waals surface area contributed by atoms with Crippen LogP contribution in [0.15, 0.2) is 35.7 Å². The lowest BCUT2D eigenvalue weighted by atomic mass is 10.1. The first-order valence-electron chi connectivity index (χ1n) is 6.75. The van der Waals surface area contributed by atoms with E-state index >= 15 is 0 Å². The van der Waals surface area contributed by atoms with Gasteiger partial charge >= 0.3 is 0 Å². The summed E-state index contributed by atoms with van der Waals surface area (Å²) in [6.45, 7) is 4.01. The zero-order valence-corrected chi connectivity index (χ0v) is 15.4. The zero-order chi connectivity index (χ0) is 16.6. The Morgan fingerprint density at radius 1 is 1.17 bits per heavy atom. The van der Waals surface area contributed by atoms with Crippen molar-refractivity contribution in [1.82, 2.24) is 4.98 Å². The Bertz CT molecular complexity index is 898. The molecule has 0 aliphatic carbocycles. The second-order valence-electron chi connectivity index (χ2n) is 4.98. The average Bonchev–Trinajstić information content (AvgIpc) is 2.83. The summed E-state index contributed by atoms with van der Waals surface area (Å²) < 4.78 is 1.18. The van der Waals surface area contributed by atoms with Gasteiger partial charge in [0.05, 0.1) is 26.3 Å². The lowest BCUT2D eigenvalue weighted by molar-refractivity contribution is 1.27. The van der Waals surface area contributed by atoms with Crippen LogP contribution in [-0.4, -0.2) is 10.7 Å². The summed E-state index contributed by atoms with van der Waals surface area (Å²) >= 11 is 19.9. The van der Waals surface area contributed by atoms with Crippen LogP contribution < -0.4 is 5.43 Å². The highest BCUT2D eigenvalue weighted by Crippen LogP contribution is 2.33. The molecule has 23 heavy (non-hydrogen) atoms. The van der Waals surface area contributed by atoms with Gasteiger partial charge in [-0.25, -0.2) is 0 Å². The number of pyridine rings is 1. The summed E-state index contributed by atoms with van der Waals surface area (Å²) in [7, 11) is 0. The van der Waals surface area contributed by atoms with Gasteiger partial charge < -0.3 is 0 Å². The number of aromatic nitrogens is 1. The molecular weight excluding hydrogens is 373 g/mol. The number of nitrogens with one attached hydrogen (secondary N) is 1. The van der Waals surface area contributed by atoms with Gasteiger partial charge in [0.15, 0.2) is 0 Å². The highest BCUT2D eigenvalue weighted by atomic mass is 35.5. The van der Waals surface area contributed by atoms with Crippen molar-refractivity contribution >= 4 is 67.6 Å². The SMILES string of the molecule is C/C(=N/Nc1c(Cl)cncc1Cl)c1sc2ccc(Cl)cc2c1C. The average molecular weight is 385 g/mol. The van der Waals surface area contributed by atoms with Crippen LogP contribution in [0.25, 0.3) is 10.1 Å². The van der Waals surface area contributed by atoms with E-state index in [1.807, 2.05) is 25.1 Å². The monoisotopic (exact) mass is 383 g/mol. The topological polar surface area (TPSA) is 37.3 Å². The minimum atomic E-state index is 0.425. The number of nitrogens with zero attached hydrogens (tertiary/aromatic N) is 2. The van der Waals surface area contributed by atoms with Crippen LogP contribution in [0.4, 0.5) is 5.69 Å². The van der Waals surface area contributed by atoms with E-state index in [4.69, 9.17) is 34.8 Å². The molecule has 3 nitrogen and oxygen atoms in total. The highest BCUT2D eigenvalue weighted by Gasteiger charge is 2.12. The van der Waals surface area contributed by atoms with Gasteiger partial charge in [-0.3, -0.25) is 10.4 Å². The number of anilines is 1. The van der Waals surface area contributed by atoms with Crippen molar-refractivity contribution in [3.63, 3.8) is 0 Å². The van der Waals surface area contributed by atoms with Gasteiger partial charge in [-0.15, -0.1) is 11.3 Å². The second kappa shape index (κ2) is 6.65. The molecule has 0 fully saturated rings. The molecule has 2 aromatic heterocycles. The van der Waals surface area contributed by atoms with Crippen LogP contribution in [0.5, 0.6) is 0 Å². The smallest absolute Gasteiger partial charge is 0.0965 e. The summed E-state index contributed by atoms with van der Waals surface area (Å²) in [5.74, 6) is 0. The number of thiophene rings is 1. The molecule has 0 saturated carbocycles. The Kier molecular flexibility index (Phi) is 4.78. The van der Waals surface area contributed by atoms with E-state index in [0.29, 0.717) is 15.7 Å². The molecule has 0 atom stereocenters. The zero-order valence-electron chi connectivity index (χ0n) is 12.3. The highest BCUT2D eigenvalue weighted by molar-refractivity contribution is 7.21. The molecule has 0 unspecified atom stereocenters. The Hall–Kier alpha value is -1.33. The maximum Gasteiger partial charge on any atom is 0.0965 e. The van der Waals surface area contributed by atoms with Gasteiger partial charge in [0.1, 0.15) is 0 Å². The van der Waals surface area contributed by atoms with Gasteiger partial charge in [0.2, 0.25) is 0 Å². The number of rotatable bonds is 3. The molecule has 0 radical (unpaired) electrons. The molecule has 7 heteroatoms. The number of benzene rings is 1. The van der Waals surface area contributed by atoms with Crippen molar-refractivity contribution in [2.75, 3.05) is 5.43 Å². The Morgan fingerprint density at radius 3 is 2.57 bits per heavy atom. The van der Waals surface area contributed by atoms with E-state index < -0.39 is 0 Å². The molecule has 118 valence electrons. The maximum absolute atomic E-state index is 6.08. The van der Waals surface area contributed by atoms with Crippen LogP contribution in [-0.2, 0) is 0 Å². The lowest BCUT2D eigenvalue weighted by Gasteiger charge is -2.06. The summed E-state index contributed by atoms with van der Waals surface area (Å²) in [5.41, 5.74) is 5.48. The summed E-state index contributed by atoms with van der Waals surface area (Å²) in [6, 6.07) is 5.89. The molecule has 1 N–H and O–H groups in total. The molecule has 0 aliphatic rings. The predicted molar refractivity (Wildman–Crippen MR) is 102 cm³/mol. The van der Waals surface area contributed by atoms with Crippen molar-refractivity contribution in [1.29, 1.82) is 0 Å². The van der Waals surface area contributed by atoms with Crippen LogP contribution >= 0.6 is 46.1 Å². The fraction of sp³-hybridized carbons (Fsp3) is 0.125. The maximum atomic E-state index is 6.08. The third-order valence-corrected chi connectivity index (χ3v) is 5.61. The predicted octanol–water partition coefficient (Wildman–Crippen LogP) is 6.40. The largest absolute Gasteiger partial charge is 0.275 e. The fourth-order valence-corrected chi connectivity index (χ4v) is 4.00. The van der Waals surface area contributed by atoms with Crippen LogP contribution in [0.3, 0.4) is 0 Å². The van der Waals surface area contributed by atoms with Crippen LogP contribution in [0.1, 0.15) is 17.4 Å². The first-order valence-corrected chi connectivity index (χ1v) is 8.70. The molecule has 2 heterocycles. The van der Waals surface area contributed by atoms with Gasteiger partial charge in [0.25, 0.3) is 0 Å². The molecule has 0 spiro atoms. The second-order valence-corrected chi connectivity index (χ2v) is 7.29.